The Labute approximate surface area is 107 Å². The predicted molar refractivity (Wildman–Crippen MR) is 70.2 cm³/mol. The van der Waals surface area contributed by atoms with Crippen LogP contribution in [0.15, 0.2) is 5.38 Å². The van der Waals surface area contributed by atoms with E-state index in [9.17, 15) is 0 Å². The molecule has 1 atom stereocenters. The van der Waals surface area contributed by atoms with Crippen molar-refractivity contribution in [2.45, 2.75) is 32.5 Å². The summed E-state index contributed by atoms with van der Waals surface area (Å²) in [6.45, 7) is 6.92. The molecule has 2 heterocycles. The van der Waals surface area contributed by atoms with Crippen molar-refractivity contribution in [3.63, 3.8) is 0 Å². The summed E-state index contributed by atoms with van der Waals surface area (Å²) in [5.74, 6) is 0. The number of rotatable bonds is 5. The van der Waals surface area contributed by atoms with E-state index in [2.05, 4.69) is 27.5 Å². The molecule has 1 aromatic rings. The normalized spacial score (nSPS) is 21.9. The molecule has 1 N–H and O–H groups in total. The summed E-state index contributed by atoms with van der Waals surface area (Å²) in [7, 11) is 1.95. The van der Waals surface area contributed by atoms with Crippen molar-refractivity contribution in [2.24, 2.45) is 0 Å². The lowest BCUT2D eigenvalue weighted by atomic mass is 10.2. The van der Waals surface area contributed by atoms with Crippen LogP contribution in [0.4, 0.5) is 0 Å². The predicted octanol–water partition coefficient (Wildman–Crippen LogP) is 1.47. The van der Waals surface area contributed by atoms with E-state index in [0.29, 0.717) is 6.10 Å². The van der Waals surface area contributed by atoms with Gasteiger partial charge in [-0.3, -0.25) is 4.90 Å². The first-order chi connectivity index (χ1) is 8.31. The fourth-order valence-corrected chi connectivity index (χ4v) is 2.85. The number of hydrogen-bond acceptors (Lipinski definition) is 5. The second kappa shape index (κ2) is 6.44. The first-order valence-electron chi connectivity index (χ1n) is 6.23. The minimum Gasteiger partial charge on any atom is -0.376 e. The largest absolute Gasteiger partial charge is 0.376 e. The Balaban J connectivity index is 1.86. The average molecular weight is 255 g/mol. The third-order valence-electron chi connectivity index (χ3n) is 2.99. The van der Waals surface area contributed by atoms with Gasteiger partial charge in [0.05, 0.1) is 18.4 Å². The molecule has 0 aliphatic carbocycles. The van der Waals surface area contributed by atoms with E-state index < -0.39 is 0 Å². The monoisotopic (exact) mass is 255 g/mol. The number of morpholine rings is 1. The molecule has 1 fully saturated rings. The first kappa shape index (κ1) is 13.0. The molecule has 96 valence electrons. The molecule has 0 spiro atoms. The number of nitrogens with one attached hydrogen (secondary N) is 1. The van der Waals surface area contributed by atoms with Crippen LogP contribution in [0, 0.1) is 0 Å². The van der Waals surface area contributed by atoms with Gasteiger partial charge in [-0.05, 0) is 13.5 Å². The fourth-order valence-electron chi connectivity index (χ4n) is 2.05. The summed E-state index contributed by atoms with van der Waals surface area (Å²) in [6, 6.07) is 0. The molecule has 0 saturated carbocycles. The van der Waals surface area contributed by atoms with Gasteiger partial charge in [-0.15, -0.1) is 11.3 Å². The van der Waals surface area contributed by atoms with Crippen LogP contribution in [0.2, 0.25) is 0 Å². The molecule has 2 rings (SSSR count). The van der Waals surface area contributed by atoms with Gasteiger partial charge >= 0.3 is 0 Å². The van der Waals surface area contributed by atoms with Crippen LogP contribution in [0.1, 0.15) is 24.0 Å². The van der Waals surface area contributed by atoms with Crippen LogP contribution < -0.4 is 5.32 Å². The maximum atomic E-state index is 5.67. The smallest absolute Gasteiger partial charge is 0.107 e. The average Bonchev–Trinajstić information content (AvgIpc) is 2.77. The van der Waals surface area contributed by atoms with Crippen molar-refractivity contribution in [1.29, 1.82) is 0 Å². The molecular weight excluding hydrogens is 234 g/mol. The second-order valence-electron chi connectivity index (χ2n) is 4.40. The Morgan fingerprint density at radius 2 is 2.53 bits per heavy atom. The van der Waals surface area contributed by atoms with E-state index in [1.807, 2.05) is 7.05 Å². The Hall–Kier alpha value is -0.490. The van der Waals surface area contributed by atoms with Crippen LogP contribution in [0.25, 0.3) is 0 Å². The Bertz CT molecular complexity index is 342. The van der Waals surface area contributed by atoms with Gasteiger partial charge in [-0.1, -0.05) is 6.92 Å². The fraction of sp³-hybridized carbons (Fsp3) is 0.750. The molecule has 1 saturated heterocycles. The van der Waals surface area contributed by atoms with Gasteiger partial charge in [0, 0.05) is 31.6 Å². The van der Waals surface area contributed by atoms with Gasteiger partial charge in [0.25, 0.3) is 0 Å². The van der Waals surface area contributed by atoms with E-state index in [0.717, 1.165) is 39.2 Å². The van der Waals surface area contributed by atoms with Gasteiger partial charge in [0.2, 0.25) is 0 Å². The molecule has 1 aliphatic heterocycles. The van der Waals surface area contributed by atoms with Gasteiger partial charge < -0.3 is 10.1 Å². The summed E-state index contributed by atoms with van der Waals surface area (Å²) in [5.41, 5.74) is 1.19. The van der Waals surface area contributed by atoms with Gasteiger partial charge in [0.15, 0.2) is 0 Å². The van der Waals surface area contributed by atoms with Crippen molar-refractivity contribution < 1.29 is 4.74 Å². The maximum absolute atomic E-state index is 5.67. The highest BCUT2D eigenvalue weighted by Crippen LogP contribution is 2.14. The minimum atomic E-state index is 0.402. The molecule has 4 nitrogen and oxygen atoms in total. The SMILES string of the molecule is CCC1CN(Cc2csc(CNC)n2)CCO1. The zero-order valence-electron chi connectivity index (χ0n) is 10.6. The summed E-state index contributed by atoms with van der Waals surface area (Å²) < 4.78 is 5.67. The zero-order chi connectivity index (χ0) is 12.1. The van der Waals surface area contributed by atoms with Crippen LogP contribution in [0.3, 0.4) is 0 Å². The summed E-state index contributed by atoms with van der Waals surface area (Å²) in [6.07, 6.45) is 1.50. The molecular formula is C12H21N3OS. The van der Waals surface area contributed by atoms with E-state index in [1.54, 1.807) is 11.3 Å². The lowest BCUT2D eigenvalue weighted by molar-refractivity contribution is -0.0327. The van der Waals surface area contributed by atoms with Crippen LogP contribution in [-0.2, 0) is 17.8 Å². The van der Waals surface area contributed by atoms with Crippen LogP contribution in [0.5, 0.6) is 0 Å². The summed E-state index contributed by atoms with van der Waals surface area (Å²) in [4.78, 5) is 7.06. The highest BCUT2D eigenvalue weighted by molar-refractivity contribution is 7.09. The Morgan fingerprint density at radius 3 is 3.29 bits per heavy atom. The number of nitrogens with zero attached hydrogens (tertiary/aromatic N) is 2. The number of ether oxygens (including phenoxy) is 1. The molecule has 17 heavy (non-hydrogen) atoms. The highest BCUT2D eigenvalue weighted by atomic mass is 32.1. The third-order valence-corrected chi connectivity index (χ3v) is 3.89. The van der Waals surface area contributed by atoms with Crippen molar-refractivity contribution >= 4 is 11.3 Å². The van der Waals surface area contributed by atoms with Crippen molar-refractivity contribution in [1.82, 2.24) is 15.2 Å². The topological polar surface area (TPSA) is 37.4 Å². The second-order valence-corrected chi connectivity index (χ2v) is 5.34. The molecule has 0 aromatic carbocycles. The number of thiazole rings is 1. The van der Waals surface area contributed by atoms with Crippen LogP contribution in [-0.4, -0.2) is 42.7 Å². The van der Waals surface area contributed by atoms with E-state index in [4.69, 9.17) is 4.74 Å². The van der Waals surface area contributed by atoms with Crippen LogP contribution >= 0.6 is 11.3 Å². The number of hydrogen-bond donors (Lipinski definition) is 1. The first-order valence-corrected chi connectivity index (χ1v) is 7.11. The minimum absolute atomic E-state index is 0.402. The molecule has 5 heteroatoms. The zero-order valence-corrected chi connectivity index (χ0v) is 11.4. The Kier molecular flexibility index (Phi) is 4.91. The van der Waals surface area contributed by atoms with Gasteiger partial charge in [-0.25, -0.2) is 4.98 Å². The van der Waals surface area contributed by atoms with Gasteiger partial charge in [-0.2, -0.15) is 0 Å². The van der Waals surface area contributed by atoms with Crippen molar-refractivity contribution in [3.05, 3.63) is 16.1 Å². The molecule has 1 unspecified atom stereocenters. The van der Waals surface area contributed by atoms with E-state index in [-0.39, 0.29) is 0 Å². The standard InChI is InChI=1S/C12H21N3OS/c1-3-11-8-15(4-5-16-11)7-10-9-17-12(14-10)6-13-2/h9,11,13H,3-8H2,1-2H3. The molecule has 1 aromatic heterocycles. The Morgan fingerprint density at radius 1 is 1.65 bits per heavy atom. The van der Waals surface area contributed by atoms with E-state index in [1.165, 1.54) is 10.7 Å². The lowest BCUT2D eigenvalue weighted by Crippen LogP contribution is -2.41. The molecule has 0 radical (unpaired) electrons. The van der Waals surface area contributed by atoms with Crippen molar-refractivity contribution in [3.8, 4) is 0 Å². The van der Waals surface area contributed by atoms with Gasteiger partial charge in [0.1, 0.15) is 5.01 Å². The molecule has 1 aliphatic rings. The van der Waals surface area contributed by atoms with Crippen molar-refractivity contribution in [2.75, 3.05) is 26.7 Å². The summed E-state index contributed by atoms with van der Waals surface area (Å²) in [5, 5.41) is 6.47. The molecule has 0 amide bonds. The lowest BCUT2D eigenvalue weighted by Gasteiger charge is -2.31. The third kappa shape index (κ3) is 3.74. The quantitative estimate of drug-likeness (QED) is 0.864. The molecule has 0 bridgehead atoms. The van der Waals surface area contributed by atoms with E-state index >= 15 is 0 Å². The number of aromatic nitrogens is 1. The summed E-state index contributed by atoms with van der Waals surface area (Å²) >= 11 is 1.74. The maximum Gasteiger partial charge on any atom is 0.107 e. The highest BCUT2D eigenvalue weighted by Gasteiger charge is 2.19.